The summed E-state index contributed by atoms with van der Waals surface area (Å²) >= 11 is 0. The number of hydrogen-bond acceptors (Lipinski definition) is 4. The van der Waals surface area contributed by atoms with E-state index in [4.69, 9.17) is 5.73 Å². The molecule has 0 aliphatic heterocycles. The highest BCUT2D eigenvalue weighted by molar-refractivity contribution is 5.90. The molecular weight excluding hydrogens is 305 g/mol. The summed E-state index contributed by atoms with van der Waals surface area (Å²) in [4.78, 5) is 6.47. The minimum absolute atomic E-state index is 0.0530. The van der Waals surface area contributed by atoms with Crippen LogP contribution in [-0.2, 0) is 12.6 Å². The zero-order valence-electron chi connectivity index (χ0n) is 13.2. The first-order chi connectivity index (χ1) is 10.8. The molecule has 4 nitrogen and oxygen atoms in total. The van der Waals surface area contributed by atoms with E-state index in [0.717, 1.165) is 37.5 Å². The summed E-state index contributed by atoms with van der Waals surface area (Å²) in [7, 11) is 4.01. The molecule has 1 heterocycles. The predicted molar refractivity (Wildman–Crippen MR) is 86.3 cm³/mol. The Morgan fingerprint density at radius 1 is 1.17 bits per heavy atom. The first-order valence-electron chi connectivity index (χ1n) is 7.39. The number of fused-ring (bicyclic) bond motifs is 1. The largest absolute Gasteiger partial charge is 0.416 e. The van der Waals surface area contributed by atoms with Crippen molar-refractivity contribution in [3.05, 3.63) is 35.5 Å². The number of nitrogens with two attached hydrogens (primary N) is 1. The highest BCUT2D eigenvalue weighted by atomic mass is 19.4. The lowest BCUT2D eigenvalue weighted by Gasteiger charge is -2.12. The lowest BCUT2D eigenvalue weighted by molar-refractivity contribution is -0.137. The van der Waals surface area contributed by atoms with E-state index in [9.17, 15) is 13.2 Å². The molecule has 0 spiro atoms. The lowest BCUT2D eigenvalue weighted by Crippen LogP contribution is -2.28. The molecule has 0 unspecified atom stereocenters. The van der Waals surface area contributed by atoms with Crippen molar-refractivity contribution in [2.45, 2.75) is 12.6 Å². The number of halogens is 3. The Kier molecular flexibility index (Phi) is 5.43. The third kappa shape index (κ3) is 4.80. The normalized spacial score (nSPS) is 12.3. The summed E-state index contributed by atoms with van der Waals surface area (Å²) < 4.78 is 38.3. The number of nitrogens with zero attached hydrogens (tertiary/aromatic N) is 2. The van der Waals surface area contributed by atoms with Gasteiger partial charge in [-0.15, -0.1) is 0 Å². The van der Waals surface area contributed by atoms with E-state index in [1.165, 1.54) is 0 Å². The summed E-state index contributed by atoms with van der Waals surface area (Å²) in [5.74, 6) is 0. The molecule has 0 amide bonds. The van der Waals surface area contributed by atoms with Crippen LogP contribution in [0, 0.1) is 0 Å². The molecule has 1 aromatic heterocycles. The zero-order chi connectivity index (χ0) is 17.0. The fourth-order valence-electron chi connectivity index (χ4n) is 2.25. The fourth-order valence-corrected chi connectivity index (χ4v) is 2.25. The van der Waals surface area contributed by atoms with Gasteiger partial charge in [0.1, 0.15) is 0 Å². The van der Waals surface area contributed by atoms with Gasteiger partial charge < -0.3 is 16.0 Å². The van der Waals surface area contributed by atoms with Crippen LogP contribution in [0.25, 0.3) is 10.9 Å². The van der Waals surface area contributed by atoms with Crippen LogP contribution in [0.3, 0.4) is 0 Å². The lowest BCUT2D eigenvalue weighted by atomic mass is 10.1. The van der Waals surface area contributed by atoms with E-state index in [-0.39, 0.29) is 5.69 Å². The molecule has 0 saturated heterocycles. The van der Waals surface area contributed by atoms with Gasteiger partial charge in [-0.3, -0.25) is 4.98 Å². The molecule has 7 heteroatoms. The van der Waals surface area contributed by atoms with Gasteiger partial charge in [0.25, 0.3) is 0 Å². The van der Waals surface area contributed by atoms with E-state index in [0.29, 0.717) is 17.3 Å². The molecule has 23 heavy (non-hydrogen) atoms. The molecular formula is C16H21F3N4. The molecule has 0 fully saturated rings. The predicted octanol–water partition coefficient (Wildman–Crippen LogP) is 2.53. The van der Waals surface area contributed by atoms with Crippen molar-refractivity contribution < 1.29 is 13.2 Å². The van der Waals surface area contributed by atoms with Crippen molar-refractivity contribution in [1.29, 1.82) is 0 Å². The summed E-state index contributed by atoms with van der Waals surface area (Å²) in [5, 5.41) is 3.70. The quantitative estimate of drug-likeness (QED) is 0.633. The number of hydrogen-bond donors (Lipinski definition) is 2. The minimum Gasteiger partial charge on any atom is -0.397 e. The summed E-state index contributed by atoms with van der Waals surface area (Å²) in [6.45, 7) is 2.57. The highest BCUT2D eigenvalue weighted by Gasteiger charge is 2.31. The second kappa shape index (κ2) is 7.14. The number of nitrogen functional groups attached to an aromatic ring is 1. The number of rotatable bonds is 6. The number of aromatic nitrogens is 1. The molecule has 2 aromatic rings. The molecule has 0 bridgehead atoms. The van der Waals surface area contributed by atoms with Crippen molar-refractivity contribution in [2.75, 3.05) is 39.5 Å². The van der Waals surface area contributed by atoms with Gasteiger partial charge in [0.2, 0.25) is 0 Å². The number of nitrogens with one attached hydrogen (secondary N) is 1. The Morgan fingerprint density at radius 3 is 2.57 bits per heavy atom. The SMILES string of the molecule is CN(C)CCNCCc1ccc2cc(C(F)(F)F)cc(N)c2n1. The maximum absolute atomic E-state index is 12.8. The Hall–Kier alpha value is -1.86. The van der Waals surface area contributed by atoms with Gasteiger partial charge >= 0.3 is 6.18 Å². The van der Waals surface area contributed by atoms with Crippen molar-refractivity contribution in [2.24, 2.45) is 0 Å². The monoisotopic (exact) mass is 326 g/mol. The second-order valence-electron chi connectivity index (χ2n) is 5.74. The number of pyridine rings is 1. The Bertz CT molecular complexity index is 668. The summed E-state index contributed by atoms with van der Waals surface area (Å²) in [6, 6.07) is 5.41. The fraction of sp³-hybridized carbons (Fsp3) is 0.438. The van der Waals surface area contributed by atoms with E-state index in [1.54, 1.807) is 12.1 Å². The first kappa shape index (κ1) is 17.5. The average Bonchev–Trinajstić information content (AvgIpc) is 2.46. The third-order valence-electron chi connectivity index (χ3n) is 3.50. The molecule has 0 aliphatic rings. The van der Waals surface area contributed by atoms with Crippen LogP contribution in [0.4, 0.5) is 18.9 Å². The minimum atomic E-state index is -4.41. The maximum Gasteiger partial charge on any atom is 0.416 e. The molecule has 3 N–H and O–H groups in total. The molecule has 0 radical (unpaired) electrons. The second-order valence-corrected chi connectivity index (χ2v) is 5.74. The zero-order valence-corrected chi connectivity index (χ0v) is 13.2. The van der Waals surface area contributed by atoms with E-state index in [2.05, 4.69) is 15.2 Å². The molecule has 0 atom stereocenters. The Morgan fingerprint density at radius 2 is 1.91 bits per heavy atom. The van der Waals surface area contributed by atoms with Gasteiger partial charge in [0.15, 0.2) is 0 Å². The first-order valence-corrected chi connectivity index (χ1v) is 7.39. The number of benzene rings is 1. The topological polar surface area (TPSA) is 54.2 Å². The highest BCUT2D eigenvalue weighted by Crippen LogP contribution is 2.33. The van der Waals surface area contributed by atoms with Crippen LogP contribution in [0.5, 0.6) is 0 Å². The molecule has 2 rings (SSSR count). The van der Waals surface area contributed by atoms with Gasteiger partial charge in [-0.1, -0.05) is 6.07 Å². The van der Waals surface area contributed by atoms with Crippen LogP contribution in [0.1, 0.15) is 11.3 Å². The van der Waals surface area contributed by atoms with Crippen molar-refractivity contribution in [1.82, 2.24) is 15.2 Å². The van der Waals surface area contributed by atoms with Gasteiger partial charge in [-0.2, -0.15) is 13.2 Å². The Labute approximate surface area is 133 Å². The van der Waals surface area contributed by atoms with Crippen molar-refractivity contribution in [3.63, 3.8) is 0 Å². The third-order valence-corrected chi connectivity index (χ3v) is 3.50. The average molecular weight is 326 g/mol. The van der Waals surface area contributed by atoms with Crippen LogP contribution in [0.15, 0.2) is 24.3 Å². The summed E-state index contributed by atoms with van der Waals surface area (Å²) in [6.07, 6.45) is -3.71. The smallest absolute Gasteiger partial charge is 0.397 e. The van der Waals surface area contributed by atoms with Gasteiger partial charge in [-0.05, 0) is 32.3 Å². The number of likely N-dealkylation sites (N-methyl/N-ethyl adjacent to an activating group) is 1. The Balaban J connectivity index is 2.09. The number of alkyl halides is 3. The number of anilines is 1. The maximum atomic E-state index is 12.8. The standard InChI is InChI=1S/C16H21F3N4/c1-23(2)8-7-21-6-5-13-4-3-11-9-12(16(17,18)19)10-14(20)15(11)22-13/h3-4,9-10,21H,5-8,20H2,1-2H3. The van der Waals surface area contributed by atoms with Gasteiger partial charge in [0, 0.05) is 37.1 Å². The van der Waals surface area contributed by atoms with Crippen molar-refractivity contribution >= 4 is 16.6 Å². The van der Waals surface area contributed by atoms with Crippen LogP contribution in [0.2, 0.25) is 0 Å². The van der Waals surface area contributed by atoms with E-state index in [1.807, 2.05) is 14.1 Å². The molecule has 0 saturated carbocycles. The molecule has 0 aliphatic carbocycles. The van der Waals surface area contributed by atoms with Crippen LogP contribution < -0.4 is 11.1 Å². The van der Waals surface area contributed by atoms with E-state index < -0.39 is 11.7 Å². The molecule has 1 aromatic carbocycles. The van der Waals surface area contributed by atoms with Crippen molar-refractivity contribution in [3.8, 4) is 0 Å². The van der Waals surface area contributed by atoms with Gasteiger partial charge in [0.05, 0.1) is 16.8 Å². The van der Waals surface area contributed by atoms with Crippen LogP contribution in [-0.4, -0.2) is 43.6 Å². The van der Waals surface area contributed by atoms with E-state index >= 15 is 0 Å². The van der Waals surface area contributed by atoms with Crippen LogP contribution >= 0.6 is 0 Å². The van der Waals surface area contributed by atoms with Gasteiger partial charge in [-0.25, -0.2) is 0 Å². The molecule has 126 valence electrons. The summed E-state index contributed by atoms with van der Waals surface area (Å²) in [5.41, 5.74) is 6.28.